The lowest BCUT2D eigenvalue weighted by molar-refractivity contribution is 0.0684. The van der Waals surface area contributed by atoms with Gasteiger partial charge in [-0.15, -0.1) is 0 Å². The lowest BCUT2D eigenvalue weighted by atomic mass is 10.3. The van der Waals surface area contributed by atoms with Crippen LogP contribution in [0.2, 0.25) is 0 Å². The Morgan fingerprint density at radius 2 is 2.22 bits per heavy atom. The van der Waals surface area contributed by atoms with E-state index >= 15 is 0 Å². The Bertz CT molecular complexity index is 627. The summed E-state index contributed by atoms with van der Waals surface area (Å²) >= 11 is 0. The highest BCUT2D eigenvalue weighted by molar-refractivity contribution is 5.85. The van der Waals surface area contributed by atoms with E-state index in [1.165, 1.54) is 22.8 Å². The molecular weight excluding hydrogens is 234 g/mol. The standard InChI is InChI=1S/C12H13N3O3/c1-2-14-7-9(6-13-14)8-15-10(12(17)18)4-3-5-11(15)16/h3-7H,2,8H2,1H3,(H,17,18). The zero-order chi connectivity index (χ0) is 13.1. The molecule has 1 N–H and O–H groups in total. The number of pyridine rings is 1. The van der Waals surface area contributed by atoms with Crippen LogP contribution in [0.3, 0.4) is 0 Å². The number of aromatic nitrogens is 3. The summed E-state index contributed by atoms with van der Waals surface area (Å²) < 4.78 is 2.95. The average molecular weight is 247 g/mol. The van der Waals surface area contributed by atoms with Crippen molar-refractivity contribution in [3.05, 3.63) is 52.2 Å². The fraction of sp³-hybridized carbons (Fsp3) is 0.250. The van der Waals surface area contributed by atoms with Gasteiger partial charge in [0, 0.05) is 24.4 Å². The SMILES string of the molecule is CCn1cc(Cn2c(C(=O)O)cccc2=O)cn1. The van der Waals surface area contributed by atoms with Crippen LogP contribution >= 0.6 is 0 Å². The van der Waals surface area contributed by atoms with Gasteiger partial charge in [-0.2, -0.15) is 5.10 Å². The van der Waals surface area contributed by atoms with Crippen molar-refractivity contribution in [1.29, 1.82) is 0 Å². The van der Waals surface area contributed by atoms with Gasteiger partial charge in [0.1, 0.15) is 5.69 Å². The van der Waals surface area contributed by atoms with E-state index in [0.29, 0.717) is 0 Å². The topological polar surface area (TPSA) is 77.1 Å². The predicted octanol–water partition coefficient (Wildman–Crippen LogP) is 0.811. The van der Waals surface area contributed by atoms with E-state index < -0.39 is 5.97 Å². The first-order valence-corrected chi connectivity index (χ1v) is 5.56. The first kappa shape index (κ1) is 12.1. The summed E-state index contributed by atoms with van der Waals surface area (Å²) in [7, 11) is 0. The van der Waals surface area contributed by atoms with Crippen LogP contribution in [0.4, 0.5) is 0 Å². The van der Waals surface area contributed by atoms with E-state index in [4.69, 9.17) is 5.11 Å². The third kappa shape index (κ3) is 2.32. The van der Waals surface area contributed by atoms with Crippen molar-refractivity contribution in [1.82, 2.24) is 14.3 Å². The normalized spacial score (nSPS) is 10.5. The van der Waals surface area contributed by atoms with Crippen molar-refractivity contribution in [3.63, 3.8) is 0 Å². The number of carbonyl (C=O) groups is 1. The largest absolute Gasteiger partial charge is 0.477 e. The maximum atomic E-state index is 11.7. The molecule has 0 atom stereocenters. The molecule has 2 heterocycles. The number of rotatable bonds is 4. The van der Waals surface area contributed by atoms with Crippen molar-refractivity contribution < 1.29 is 9.90 Å². The third-order valence-electron chi connectivity index (χ3n) is 2.62. The Kier molecular flexibility index (Phi) is 3.27. The molecule has 6 nitrogen and oxygen atoms in total. The fourth-order valence-corrected chi connectivity index (χ4v) is 1.71. The fourth-order valence-electron chi connectivity index (χ4n) is 1.71. The molecule has 0 aliphatic carbocycles. The number of carboxylic acids is 1. The molecule has 18 heavy (non-hydrogen) atoms. The first-order valence-electron chi connectivity index (χ1n) is 5.56. The van der Waals surface area contributed by atoms with Crippen LogP contribution in [-0.4, -0.2) is 25.4 Å². The molecule has 2 aromatic rings. The van der Waals surface area contributed by atoms with Crippen LogP contribution in [0.25, 0.3) is 0 Å². The van der Waals surface area contributed by atoms with E-state index in [2.05, 4.69) is 5.10 Å². The van der Waals surface area contributed by atoms with E-state index in [0.717, 1.165) is 12.1 Å². The van der Waals surface area contributed by atoms with Crippen LogP contribution in [0, 0.1) is 0 Å². The van der Waals surface area contributed by atoms with Crippen molar-refractivity contribution in [3.8, 4) is 0 Å². The Morgan fingerprint density at radius 1 is 1.44 bits per heavy atom. The van der Waals surface area contributed by atoms with Crippen molar-refractivity contribution >= 4 is 5.97 Å². The molecule has 0 fully saturated rings. The number of hydrogen-bond acceptors (Lipinski definition) is 3. The summed E-state index contributed by atoms with van der Waals surface area (Å²) in [6.07, 6.45) is 3.43. The summed E-state index contributed by atoms with van der Waals surface area (Å²) in [6, 6.07) is 4.20. The first-order chi connectivity index (χ1) is 8.61. The molecule has 0 aliphatic heterocycles. The highest BCUT2D eigenvalue weighted by Crippen LogP contribution is 2.04. The van der Waals surface area contributed by atoms with Crippen molar-refractivity contribution in [2.75, 3.05) is 0 Å². The van der Waals surface area contributed by atoms with E-state index in [1.54, 1.807) is 17.1 Å². The van der Waals surface area contributed by atoms with Crippen LogP contribution < -0.4 is 5.56 Å². The van der Waals surface area contributed by atoms with E-state index in [-0.39, 0.29) is 17.8 Å². The van der Waals surface area contributed by atoms with Gasteiger partial charge in [0.2, 0.25) is 0 Å². The molecule has 0 aliphatic rings. The summed E-state index contributed by atoms with van der Waals surface area (Å²) in [5.41, 5.74) is 0.443. The second kappa shape index (κ2) is 4.87. The monoisotopic (exact) mass is 247 g/mol. The second-order valence-corrected chi connectivity index (χ2v) is 3.84. The Morgan fingerprint density at radius 3 is 2.83 bits per heavy atom. The molecular formula is C12H13N3O3. The number of nitrogens with zero attached hydrogens (tertiary/aromatic N) is 3. The van der Waals surface area contributed by atoms with Crippen molar-refractivity contribution in [2.24, 2.45) is 0 Å². The maximum Gasteiger partial charge on any atom is 0.352 e. The van der Waals surface area contributed by atoms with Crippen LogP contribution in [0.1, 0.15) is 23.0 Å². The number of hydrogen-bond donors (Lipinski definition) is 1. The minimum Gasteiger partial charge on any atom is -0.477 e. The lowest BCUT2D eigenvalue weighted by Crippen LogP contribution is -2.25. The van der Waals surface area contributed by atoms with Crippen LogP contribution in [-0.2, 0) is 13.1 Å². The summed E-state index contributed by atoms with van der Waals surface area (Å²) in [5, 5.41) is 13.1. The number of carboxylic acid groups (broad SMARTS) is 1. The highest BCUT2D eigenvalue weighted by Gasteiger charge is 2.11. The quantitative estimate of drug-likeness (QED) is 0.867. The van der Waals surface area contributed by atoms with Crippen LogP contribution in [0.5, 0.6) is 0 Å². The summed E-state index contributed by atoms with van der Waals surface area (Å²) in [5.74, 6) is -1.12. The third-order valence-corrected chi connectivity index (χ3v) is 2.62. The molecule has 0 saturated carbocycles. The van der Waals surface area contributed by atoms with E-state index in [9.17, 15) is 9.59 Å². The Balaban J connectivity index is 2.39. The molecule has 94 valence electrons. The van der Waals surface area contributed by atoms with Crippen LogP contribution in [0.15, 0.2) is 35.4 Å². The van der Waals surface area contributed by atoms with Crippen molar-refractivity contribution in [2.45, 2.75) is 20.0 Å². The van der Waals surface area contributed by atoms with Gasteiger partial charge in [0.15, 0.2) is 0 Å². The van der Waals surface area contributed by atoms with E-state index in [1.807, 2.05) is 6.92 Å². The predicted molar refractivity (Wildman–Crippen MR) is 64.7 cm³/mol. The molecule has 0 bridgehead atoms. The van der Waals surface area contributed by atoms with Gasteiger partial charge in [-0.05, 0) is 13.0 Å². The lowest BCUT2D eigenvalue weighted by Gasteiger charge is -2.07. The molecule has 0 amide bonds. The van der Waals surface area contributed by atoms with Gasteiger partial charge in [-0.3, -0.25) is 14.0 Å². The molecule has 0 aromatic carbocycles. The molecule has 0 unspecified atom stereocenters. The molecule has 0 saturated heterocycles. The van der Waals surface area contributed by atoms with Gasteiger partial charge in [-0.1, -0.05) is 6.07 Å². The molecule has 6 heteroatoms. The zero-order valence-electron chi connectivity index (χ0n) is 9.91. The molecule has 0 radical (unpaired) electrons. The number of aromatic carboxylic acids is 1. The average Bonchev–Trinajstić information content (AvgIpc) is 2.79. The molecule has 2 aromatic heterocycles. The smallest absolute Gasteiger partial charge is 0.352 e. The summed E-state index contributed by atoms with van der Waals surface area (Å²) in [6.45, 7) is 2.89. The minimum atomic E-state index is -1.12. The molecule has 0 spiro atoms. The van der Waals surface area contributed by atoms with Gasteiger partial charge in [0.25, 0.3) is 5.56 Å². The van der Waals surface area contributed by atoms with Gasteiger partial charge in [0.05, 0.1) is 12.7 Å². The van der Waals surface area contributed by atoms with Gasteiger partial charge < -0.3 is 5.11 Å². The Hall–Kier alpha value is -2.37. The summed E-state index contributed by atoms with van der Waals surface area (Å²) in [4.78, 5) is 22.7. The van der Waals surface area contributed by atoms with Gasteiger partial charge >= 0.3 is 5.97 Å². The maximum absolute atomic E-state index is 11.7. The second-order valence-electron chi connectivity index (χ2n) is 3.84. The Labute approximate surface area is 103 Å². The minimum absolute atomic E-state index is 0.0215. The molecule has 2 rings (SSSR count). The zero-order valence-corrected chi connectivity index (χ0v) is 9.91. The number of aryl methyl sites for hydroxylation is 1. The van der Waals surface area contributed by atoms with Gasteiger partial charge in [-0.25, -0.2) is 4.79 Å². The highest BCUT2D eigenvalue weighted by atomic mass is 16.4.